The summed E-state index contributed by atoms with van der Waals surface area (Å²) in [7, 11) is 3.19. The Hall–Kier alpha value is -2.35. The van der Waals surface area contributed by atoms with Crippen LogP contribution in [-0.2, 0) is 4.74 Å². The largest absolute Gasteiger partial charge is 0.481 e. The molecule has 0 aromatic carbocycles. The molecule has 0 saturated carbocycles. The van der Waals surface area contributed by atoms with Gasteiger partial charge >= 0.3 is 6.03 Å². The summed E-state index contributed by atoms with van der Waals surface area (Å²) >= 11 is 0. The monoisotopic (exact) mass is 364 g/mol. The van der Waals surface area contributed by atoms with Crippen molar-refractivity contribution in [1.82, 2.24) is 20.5 Å². The zero-order valence-electron chi connectivity index (χ0n) is 15.7. The second-order valence-electron chi connectivity index (χ2n) is 6.39. The zero-order chi connectivity index (χ0) is 19.0. The molecule has 2 rings (SSSR count). The van der Waals surface area contributed by atoms with Crippen molar-refractivity contribution < 1.29 is 19.1 Å². The molecule has 0 unspecified atom stereocenters. The van der Waals surface area contributed by atoms with Gasteiger partial charge in [-0.25, -0.2) is 9.78 Å². The Morgan fingerprint density at radius 1 is 1.27 bits per heavy atom. The van der Waals surface area contributed by atoms with Crippen molar-refractivity contribution in [3.63, 3.8) is 0 Å². The van der Waals surface area contributed by atoms with Gasteiger partial charge in [-0.1, -0.05) is 0 Å². The second-order valence-corrected chi connectivity index (χ2v) is 6.39. The average Bonchev–Trinajstić information content (AvgIpc) is 2.67. The van der Waals surface area contributed by atoms with Crippen molar-refractivity contribution >= 4 is 11.9 Å². The van der Waals surface area contributed by atoms with E-state index in [1.165, 1.54) is 13.3 Å². The minimum Gasteiger partial charge on any atom is -0.481 e. The lowest BCUT2D eigenvalue weighted by molar-refractivity contribution is 0.0603. The van der Waals surface area contributed by atoms with Crippen molar-refractivity contribution in [3.05, 3.63) is 23.9 Å². The molecule has 0 aliphatic carbocycles. The molecule has 1 fully saturated rings. The molecule has 0 spiro atoms. The molecule has 3 amide bonds. The van der Waals surface area contributed by atoms with Gasteiger partial charge < -0.3 is 25.0 Å². The van der Waals surface area contributed by atoms with Gasteiger partial charge in [0.15, 0.2) is 0 Å². The highest BCUT2D eigenvalue weighted by Gasteiger charge is 2.37. The van der Waals surface area contributed by atoms with Crippen LogP contribution < -0.4 is 15.4 Å². The maximum Gasteiger partial charge on any atom is 0.315 e. The van der Waals surface area contributed by atoms with Gasteiger partial charge in [-0.2, -0.15) is 0 Å². The summed E-state index contributed by atoms with van der Waals surface area (Å²) in [4.78, 5) is 30.6. The van der Waals surface area contributed by atoms with Gasteiger partial charge in [0.1, 0.15) is 0 Å². The lowest BCUT2D eigenvalue weighted by Gasteiger charge is -2.42. The van der Waals surface area contributed by atoms with Crippen LogP contribution in [0.15, 0.2) is 18.3 Å². The standard InChI is InChI=1S/C18H28N4O4/c1-4-19-17(24)21-18(9-12-25-2)7-10-22(11-8-18)16(23)14-5-6-15(26-3)20-13-14/h5-6,13H,4,7-12H2,1-3H3,(H2,19,21,24). The van der Waals surface area contributed by atoms with E-state index in [-0.39, 0.29) is 17.5 Å². The number of ether oxygens (including phenoxy) is 2. The van der Waals surface area contributed by atoms with Crippen molar-refractivity contribution in [1.29, 1.82) is 0 Å². The third-order valence-electron chi connectivity index (χ3n) is 4.70. The molecular formula is C18H28N4O4. The summed E-state index contributed by atoms with van der Waals surface area (Å²) in [6.07, 6.45) is 3.61. The van der Waals surface area contributed by atoms with Crippen molar-refractivity contribution in [2.24, 2.45) is 0 Å². The molecule has 2 N–H and O–H groups in total. The topological polar surface area (TPSA) is 92.8 Å². The Morgan fingerprint density at radius 3 is 2.54 bits per heavy atom. The van der Waals surface area contributed by atoms with Gasteiger partial charge in [-0.3, -0.25) is 4.79 Å². The van der Waals surface area contributed by atoms with Crippen LogP contribution in [0.5, 0.6) is 5.88 Å². The van der Waals surface area contributed by atoms with Crippen LogP contribution in [0.4, 0.5) is 4.79 Å². The van der Waals surface area contributed by atoms with Gasteiger partial charge in [0.2, 0.25) is 5.88 Å². The van der Waals surface area contributed by atoms with Crippen LogP contribution in [0.2, 0.25) is 0 Å². The van der Waals surface area contributed by atoms with E-state index < -0.39 is 0 Å². The molecule has 0 radical (unpaired) electrons. The fourth-order valence-corrected chi connectivity index (χ4v) is 3.13. The van der Waals surface area contributed by atoms with Gasteiger partial charge in [0.05, 0.1) is 12.7 Å². The summed E-state index contributed by atoms with van der Waals surface area (Å²) in [5.74, 6) is 0.420. The van der Waals surface area contributed by atoms with E-state index in [1.807, 2.05) is 6.92 Å². The van der Waals surface area contributed by atoms with Gasteiger partial charge in [-0.15, -0.1) is 0 Å². The Kier molecular flexibility index (Phi) is 7.20. The first-order chi connectivity index (χ1) is 12.5. The minimum absolute atomic E-state index is 0.0569. The van der Waals surface area contributed by atoms with Gasteiger partial charge in [-0.05, 0) is 32.3 Å². The second kappa shape index (κ2) is 9.38. The highest BCUT2D eigenvalue weighted by atomic mass is 16.5. The van der Waals surface area contributed by atoms with E-state index in [0.29, 0.717) is 56.9 Å². The molecule has 1 aromatic heterocycles. The fraction of sp³-hybridized carbons (Fsp3) is 0.611. The maximum atomic E-state index is 12.7. The average molecular weight is 364 g/mol. The number of carbonyl (C=O) groups is 2. The predicted molar refractivity (Wildman–Crippen MR) is 97.4 cm³/mol. The molecule has 2 heterocycles. The lowest BCUT2D eigenvalue weighted by Crippen LogP contribution is -2.58. The molecule has 0 atom stereocenters. The Bertz CT molecular complexity index is 598. The third kappa shape index (κ3) is 5.08. The number of urea groups is 1. The summed E-state index contributed by atoms with van der Waals surface area (Å²) in [5.41, 5.74) is 0.177. The molecule has 1 aromatic rings. The number of piperidine rings is 1. The van der Waals surface area contributed by atoms with Crippen molar-refractivity contribution in [2.45, 2.75) is 31.7 Å². The lowest BCUT2D eigenvalue weighted by atomic mass is 9.84. The molecule has 1 aliphatic heterocycles. The van der Waals surface area contributed by atoms with E-state index in [0.717, 1.165) is 0 Å². The number of hydrogen-bond acceptors (Lipinski definition) is 5. The fourth-order valence-electron chi connectivity index (χ4n) is 3.13. The Balaban J connectivity index is 2.00. The first kappa shape index (κ1) is 20.0. The number of amides is 3. The highest BCUT2D eigenvalue weighted by Crippen LogP contribution is 2.27. The smallest absolute Gasteiger partial charge is 0.315 e. The highest BCUT2D eigenvalue weighted by molar-refractivity contribution is 5.94. The van der Waals surface area contributed by atoms with Crippen LogP contribution in [0.1, 0.15) is 36.5 Å². The number of likely N-dealkylation sites (tertiary alicyclic amines) is 1. The van der Waals surface area contributed by atoms with Crippen LogP contribution in [-0.4, -0.2) is 67.8 Å². The summed E-state index contributed by atoms with van der Waals surface area (Å²) in [6, 6.07) is 3.22. The van der Waals surface area contributed by atoms with E-state index in [9.17, 15) is 9.59 Å². The van der Waals surface area contributed by atoms with E-state index in [1.54, 1.807) is 24.1 Å². The quantitative estimate of drug-likeness (QED) is 0.763. The number of nitrogens with zero attached hydrogens (tertiary/aromatic N) is 2. The first-order valence-corrected chi connectivity index (χ1v) is 8.88. The summed E-state index contributed by atoms with van der Waals surface area (Å²) < 4.78 is 10.2. The summed E-state index contributed by atoms with van der Waals surface area (Å²) in [5, 5.41) is 5.86. The first-order valence-electron chi connectivity index (χ1n) is 8.88. The minimum atomic E-state index is -0.357. The predicted octanol–water partition coefficient (Wildman–Crippen LogP) is 1.42. The van der Waals surface area contributed by atoms with E-state index in [2.05, 4.69) is 15.6 Å². The molecule has 8 heteroatoms. The van der Waals surface area contributed by atoms with E-state index in [4.69, 9.17) is 9.47 Å². The number of rotatable bonds is 7. The van der Waals surface area contributed by atoms with Crippen molar-refractivity contribution in [2.75, 3.05) is 40.5 Å². The number of aromatic nitrogens is 1. The molecule has 8 nitrogen and oxygen atoms in total. The number of hydrogen-bond donors (Lipinski definition) is 2. The summed E-state index contributed by atoms with van der Waals surface area (Å²) in [6.45, 7) is 4.15. The van der Waals surface area contributed by atoms with Crippen LogP contribution in [0, 0.1) is 0 Å². The van der Waals surface area contributed by atoms with Gasteiger partial charge in [0.25, 0.3) is 5.91 Å². The SMILES string of the molecule is CCNC(=O)NC1(CCOC)CCN(C(=O)c2ccc(OC)nc2)CC1. The molecule has 1 aliphatic rings. The molecule has 1 saturated heterocycles. The Morgan fingerprint density at radius 2 is 2.00 bits per heavy atom. The van der Waals surface area contributed by atoms with Crippen molar-refractivity contribution in [3.8, 4) is 5.88 Å². The molecular weight excluding hydrogens is 336 g/mol. The van der Waals surface area contributed by atoms with Crippen LogP contribution >= 0.6 is 0 Å². The maximum absolute atomic E-state index is 12.7. The number of carbonyl (C=O) groups excluding carboxylic acids is 2. The number of methoxy groups -OCH3 is 2. The normalized spacial score (nSPS) is 16.0. The number of nitrogens with one attached hydrogen (secondary N) is 2. The number of pyridine rings is 1. The van der Waals surface area contributed by atoms with Gasteiger partial charge in [0, 0.05) is 51.2 Å². The molecule has 0 bridgehead atoms. The molecule has 144 valence electrons. The Labute approximate surface area is 154 Å². The third-order valence-corrected chi connectivity index (χ3v) is 4.70. The van der Waals surface area contributed by atoms with Crippen LogP contribution in [0.25, 0.3) is 0 Å². The molecule has 26 heavy (non-hydrogen) atoms. The zero-order valence-corrected chi connectivity index (χ0v) is 15.7. The van der Waals surface area contributed by atoms with E-state index >= 15 is 0 Å². The van der Waals surface area contributed by atoms with Crippen LogP contribution in [0.3, 0.4) is 0 Å².